The van der Waals surface area contributed by atoms with Crippen LogP contribution in [0.3, 0.4) is 0 Å². The fourth-order valence-corrected chi connectivity index (χ4v) is 3.50. The Hall–Kier alpha value is -0.850. The minimum Gasteiger partial charge on any atom is -0.390 e. The lowest BCUT2D eigenvalue weighted by molar-refractivity contribution is 0.271. The molecule has 0 saturated heterocycles. The van der Waals surface area contributed by atoms with E-state index in [1.54, 1.807) is 10.8 Å². The van der Waals surface area contributed by atoms with Gasteiger partial charge in [-0.1, -0.05) is 20.3 Å². The average Bonchev–Trinajstić information content (AvgIpc) is 2.82. The van der Waals surface area contributed by atoms with Gasteiger partial charge in [0, 0.05) is 24.5 Å². The molecule has 0 aliphatic heterocycles. The van der Waals surface area contributed by atoms with Crippen molar-refractivity contribution in [1.82, 2.24) is 9.29 Å². The largest absolute Gasteiger partial charge is 0.390 e. The van der Waals surface area contributed by atoms with E-state index in [2.05, 4.69) is 4.72 Å². The summed E-state index contributed by atoms with van der Waals surface area (Å²) in [7, 11) is -3.50. The number of aliphatic hydroxyl groups excluding tert-OH is 1. The maximum atomic E-state index is 12.3. The van der Waals surface area contributed by atoms with E-state index in [4.69, 9.17) is 0 Å². The highest BCUT2D eigenvalue weighted by Gasteiger charge is 2.21. The van der Waals surface area contributed by atoms with Gasteiger partial charge in [-0.3, -0.25) is 0 Å². The first-order chi connectivity index (χ1) is 8.98. The van der Waals surface area contributed by atoms with Crippen LogP contribution in [0.2, 0.25) is 0 Å². The molecule has 0 aliphatic carbocycles. The van der Waals surface area contributed by atoms with Gasteiger partial charge in [-0.05, 0) is 25.8 Å². The summed E-state index contributed by atoms with van der Waals surface area (Å²) in [5.74, 6) is 0. The molecule has 1 aromatic rings. The fraction of sp³-hybridized carbons (Fsp3) is 0.692. The van der Waals surface area contributed by atoms with Crippen LogP contribution in [0.5, 0.6) is 0 Å². The Kier molecular flexibility index (Phi) is 6.03. The molecule has 0 amide bonds. The van der Waals surface area contributed by atoms with Crippen LogP contribution in [0.25, 0.3) is 0 Å². The smallest absolute Gasteiger partial charge is 0.242 e. The average molecular weight is 288 g/mol. The molecule has 1 atom stereocenters. The third-order valence-electron chi connectivity index (χ3n) is 3.23. The van der Waals surface area contributed by atoms with E-state index in [9.17, 15) is 13.5 Å². The molecule has 0 fully saturated rings. The van der Waals surface area contributed by atoms with E-state index < -0.39 is 10.0 Å². The van der Waals surface area contributed by atoms with Gasteiger partial charge in [0.25, 0.3) is 0 Å². The Balaban J connectivity index is 2.96. The first kappa shape index (κ1) is 16.2. The van der Waals surface area contributed by atoms with Crippen molar-refractivity contribution in [2.75, 3.05) is 0 Å². The first-order valence-corrected chi connectivity index (χ1v) is 8.29. The van der Waals surface area contributed by atoms with Gasteiger partial charge in [0.15, 0.2) is 0 Å². The molecule has 0 radical (unpaired) electrons. The highest BCUT2D eigenvalue weighted by molar-refractivity contribution is 7.89. The lowest BCUT2D eigenvalue weighted by Crippen LogP contribution is -2.34. The predicted molar refractivity (Wildman–Crippen MR) is 75.3 cm³/mol. The van der Waals surface area contributed by atoms with Crippen LogP contribution in [-0.4, -0.2) is 24.1 Å². The van der Waals surface area contributed by atoms with Crippen molar-refractivity contribution >= 4 is 10.0 Å². The van der Waals surface area contributed by atoms with Crippen molar-refractivity contribution in [3.05, 3.63) is 18.0 Å². The minimum atomic E-state index is -3.50. The first-order valence-electron chi connectivity index (χ1n) is 6.80. The monoisotopic (exact) mass is 288 g/mol. The van der Waals surface area contributed by atoms with Crippen LogP contribution in [0.15, 0.2) is 17.2 Å². The summed E-state index contributed by atoms with van der Waals surface area (Å²) >= 11 is 0. The predicted octanol–water partition coefficient (Wildman–Crippen LogP) is 1.86. The maximum Gasteiger partial charge on any atom is 0.242 e. The zero-order chi connectivity index (χ0) is 14.5. The molecule has 5 nitrogen and oxygen atoms in total. The molecule has 1 heterocycles. The van der Waals surface area contributed by atoms with Crippen LogP contribution in [-0.2, 0) is 23.2 Å². The summed E-state index contributed by atoms with van der Waals surface area (Å²) in [6, 6.07) is 1.50. The van der Waals surface area contributed by atoms with Crippen molar-refractivity contribution in [3.63, 3.8) is 0 Å². The third kappa shape index (κ3) is 4.06. The van der Waals surface area contributed by atoms with E-state index in [0.29, 0.717) is 12.2 Å². The molecular formula is C13H24N2O3S. The van der Waals surface area contributed by atoms with E-state index >= 15 is 0 Å². The highest BCUT2D eigenvalue weighted by Crippen LogP contribution is 2.16. The molecule has 19 heavy (non-hydrogen) atoms. The van der Waals surface area contributed by atoms with Gasteiger partial charge in [0.1, 0.15) is 0 Å². The Bertz CT molecular complexity index is 472. The molecule has 6 heteroatoms. The summed E-state index contributed by atoms with van der Waals surface area (Å²) in [6.07, 6.45) is 4.12. The summed E-state index contributed by atoms with van der Waals surface area (Å²) in [5, 5.41) is 9.20. The second-order valence-corrected chi connectivity index (χ2v) is 6.34. The van der Waals surface area contributed by atoms with E-state index in [0.717, 1.165) is 19.3 Å². The van der Waals surface area contributed by atoms with E-state index in [-0.39, 0.29) is 17.5 Å². The molecule has 1 aromatic heterocycles. The molecule has 110 valence electrons. The Morgan fingerprint density at radius 1 is 1.37 bits per heavy atom. The van der Waals surface area contributed by atoms with Gasteiger partial charge in [-0.25, -0.2) is 13.1 Å². The number of aliphatic hydroxyl groups is 1. The van der Waals surface area contributed by atoms with Crippen molar-refractivity contribution in [2.45, 2.75) is 64.1 Å². The van der Waals surface area contributed by atoms with Crippen molar-refractivity contribution in [2.24, 2.45) is 0 Å². The Labute approximate surface area is 115 Å². The van der Waals surface area contributed by atoms with Gasteiger partial charge in [0.2, 0.25) is 10.0 Å². The van der Waals surface area contributed by atoms with E-state index in [1.165, 1.54) is 6.07 Å². The van der Waals surface area contributed by atoms with Crippen molar-refractivity contribution < 1.29 is 13.5 Å². The number of nitrogens with one attached hydrogen (secondary N) is 1. The van der Waals surface area contributed by atoms with Gasteiger partial charge >= 0.3 is 0 Å². The lowest BCUT2D eigenvalue weighted by Gasteiger charge is -2.15. The normalized spacial score (nSPS) is 13.7. The number of nitrogens with zero attached hydrogens (tertiary/aromatic N) is 1. The number of hydrogen-bond acceptors (Lipinski definition) is 3. The number of aryl methyl sites for hydroxylation is 1. The molecular weight excluding hydrogens is 264 g/mol. The molecule has 0 bridgehead atoms. The van der Waals surface area contributed by atoms with Crippen molar-refractivity contribution in [3.8, 4) is 0 Å². The van der Waals surface area contributed by atoms with Gasteiger partial charge in [-0.15, -0.1) is 0 Å². The maximum absolute atomic E-state index is 12.3. The highest BCUT2D eigenvalue weighted by atomic mass is 32.2. The number of aromatic nitrogens is 1. The van der Waals surface area contributed by atoms with Crippen LogP contribution in [0.1, 0.15) is 45.7 Å². The number of sulfonamides is 1. The third-order valence-corrected chi connectivity index (χ3v) is 4.71. The van der Waals surface area contributed by atoms with Gasteiger partial charge in [0.05, 0.1) is 11.5 Å². The zero-order valence-electron chi connectivity index (χ0n) is 11.9. The van der Waals surface area contributed by atoms with Crippen LogP contribution in [0.4, 0.5) is 0 Å². The topological polar surface area (TPSA) is 71.3 Å². The zero-order valence-corrected chi connectivity index (χ0v) is 12.7. The second kappa shape index (κ2) is 7.07. The molecule has 0 saturated carbocycles. The summed E-state index contributed by atoms with van der Waals surface area (Å²) in [5.41, 5.74) is 0.617. The van der Waals surface area contributed by atoms with Gasteiger partial charge in [-0.2, -0.15) is 0 Å². The number of rotatable bonds is 8. The quantitative estimate of drug-likeness (QED) is 0.767. The fourth-order valence-electron chi connectivity index (χ4n) is 2.08. The minimum absolute atomic E-state index is 0.0300. The van der Waals surface area contributed by atoms with Crippen LogP contribution < -0.4 is 4.72 Å². The van der Waals surface area contributed by atoms with Gasteiger partial charge < -0.3 is 9.67 Å². The van der Waals surface area contributed by atoms with Crippen LogP contribution >= 0.6 is 0 Å². The summed E-state index contributed by atoms with van der Waals surface area (Å²) < 4.78 is 29.0. The molecule has 0 spiro atoms. The number of hydrogen-bond donors (Lipinski definition) is 2. The molecule has 1 unspecified atom stereocenters. The second-order valence-electron chi connectivity index (χ2n) is 4.63. The lowest BCUT2D eigenvalue weighted by atomic mass is 10.1. The molecule has 1 rings (SSSR count). The Morgan fingerprint density at radius 3 is 2.47 bits per heavy atom. The Morgan fingerprint density at radius 2 is 2.05 bits per heavy atom. The summed E-state index contributed by atoms with van der Waals surface area (Å²) in [4.78, 5) is 0.230. The summed E-state index contributed by atoms with van der Waals surface area (Å²) in [6.45, 7) is 6.40. The molecule has 0 aromatic carbocycles. The molecule has 0 aliphatic rings. The van der Waals surface area contributed by atoms with E-state index in [1.807, 2.05) is 20.8 Å². The SMILES string of the molecule is CCCC(CC)NS(=O)(=O)c1cc(CO)n(CC)c1. The van der Waals surface area contributed by atoms with Crippen LogP contribution in [0, 0.1) is 0 Å². The standard InChI is InChI=1S/C13H24N2O3S/c1-4-7-11(5-2)14-19(17,18)13-8-12(10-16)15(6-3)9-13/h8-9,11,14,16H,4-7,10H2,1-3H3. The van der Waals surface area contributed by atoms with Crippen molar-refractivity contribution in [1.29, 1.82) is 0 Å². The molecule has 2 N–H and O–H groups in total.